The third-order valence-corrected chi connectivity index (χ3v) is 9.33. The molecule has 70 heavy (non-hydrogen) atoms. The van der Waals surface area contributed by atoms with Crippen LogP contribution >= 0.6 is 0 Å². The van der Waals surface area contributed by atoms with Crippen LogP contribution in [0.4, 0.5) is 0 Å². The standard InChI is InChI=1S/C37H61N13O20/c38-16(3-8-26(56)57)29(62)49-22(14-52)34(67)45-17(5-9-27(58)59)30(63)43-12-25(55)44-21(13-51)33(66)47-19(6-10-28(60)61)32(65)50-23(15-53)35(68)46-18(4-7-24(39)54)31(64)48-20(36(69)70)2-1-11-42-37(40)41/h16-23,51-53H,1-15,38H2,(H2,39,54)(H,43,63)(H,44,55)(H,45,67)(H,46,68)(H,47,66)(H,48,64)(H,49,62)(H,50,65)(H,56,57)(H,58,59)(H,60,61)(H,69,70)(H4,40,41,42)/t16-,17-,18-,19-,20-,21-,22-,23-/m0/s1. The van der Waals surface area contributed by atoms with E-state index in [1.54, 1.807) is 0 Å². The predicted molar refractivity (Wildman–Crippen MR) is 232 cm³/mol. The van der Waals surface area contributed by atoms with Gasteiger partial charge in [-0.05, 0) is 38.5 Å². The Kier molecular flexibility index (Phi) is 29.2. The van der Waals surface area contributed by atoms with Crippen molar-refractivity contribution in [3.05, 3.63) is 0 Å². The molecule has 0 saturated carbocycles. The first-order valence-electron chi connectivity index (χ1n) is 21.0. The molecule has 0 aliphatic carbocycles. The van der Waals surface area contributed by atoms with Gasteiger partial charge in [-0.1, -0.05) is 0 Å². The fraction of sp³-hybridized carbons (Fsp3) is 0.622. The predicted octanol–water partition coefficient (Wildman–Crippen LogP) is -10.2. The zero-order valence-corrected chi connectivity index (χ0v) is 37.4. The molecule has 0 rings (SSSR count). The van der Waals surface area contributed by atoms with Gasteiger partial charge in [0.15, 0.2) is 5.96 Å². The van der Waals surface area contributed by atoms with Crippen molar-refractivity contribution < 1.29 is 98.1 Å². The van der Waals surface area contributed by atoms with Crippen LogP contribution in [0.2, 0.25) is 0 Å². The summed E-state index contributed by atoms with van der Waals surface area (Å²) < 4.78 is 0. The lowest BCUT2D eigenvalue weighted by atomic mass is 10.1. The Morgan fingerprint density at radius 2 is 0.786 bits per heavy atom. The summed E-state index contributed by atoms with van der Waals surface area (Å²) in [7, 11) is 0. The van der Waals surface area contributed by atoms with Crippen molar-refractivity contribution in [1.82, 2.24) is 42.5 Å². The zero-order chi connectivity index (χ0) is 53.7. The van der Waals surface area contributed by atoms with Gasteiger partial charge < -0.3 is 101 Å². The number of guanidine groups is 1. The third-order valence-electron chi connectivity index (χ3n) is 9.33. The van der Waals surface area contributed by atoms with Crippen molar-refractivity contribution in [2.24, 2.45) is 27.9 Å². The van der Waals surface area contributed by atoms with Gasteiger partial charge in [-0.2, -0.15) is 0 Å². The molecule has 0 aromatic heterocycles. The number of aliphatic hydroxyl groups is 3. The van der Waals surface area contributed by atoms with E-state index >= 15 is 0 Å². The van der Waals surface area contributed by atoms with Crippen molar-refractivity contribution >= 4 is 83.0 Å². The maximum Gasteiger partial charge on any atom is 0.326 e. The summed E-state index contributed by atoms with van der Waals surface area (Å²) in [6.07, 6.45) is -4.87. The largest absolute Gasteiger partial charge is 0.481 e. The number of nitrogens with one attached hydrogen (secondary N) is 8. The molecule has 0 aliphatic rings. The molecule has 33 heteroatoms. The number of aliphatic carboxylic acids is 4. The molecule has 0 saturated heterocycles. The maximum absolute atomic E-state index is 13.4. The van der Waals surface area contributed by atoms with E-state index in [2.05, 4.69) is 26.3 Å². The van der Waals surface area contributed by atoms with E-state index in [0.717, 1.165) is 0 Å². The summed E-state index contributed by atoms with van der Waals surface area (Å²) in [6, 6.07) is -13.9. The van der Waals surface area contributed by atoms with Gasteiger partial charge in [-0.25, -0.2) is 4.79 Å². The SMILES string of the molecule is NC(=O)CC[C@H](NC(=O)[C@H](CO)NC(=O)[C@H](CCC(=O)O)NC(=O)[C@H](CO)NC(=O)CNC(=O)[C@H](CCC(=O)O)NC(=O)[C@H](CO)NC(=O)[C@@H](N)CCC(=O)O)C(=O)N[C@@H](CCCN=C(N)N)C(=O)O. The van der Waals surface area contributed by atoms with Gasteiger partial charge in [0, 0.05) is 32.2 Å². The van der Waals surface area contributed by atoms with Crippen molar-refractivity contribution in [3.8, 4) is 0 Å². The van der Waals surface area contributed by atoms with Gasteiger partial charge in [-0.3, -0.25) is 62.5 Å². The Balaban J connectivity index is 5.97. The highest BCUT2D eigenvalue weighted by molar-refractivity contribution is 5.98. The maximum atomic E-state index is 13.4. The monoisotopic (exact) mass is 1010 g/mol. The van der Waals surface area contributed by atoms with Gasteiger partial charge in [0.1, 0.15) is 42.3 Å². The number of hydrogen-bond acceptors (Lipinski definition) is 18. The van der Waals surface area contributed by atoms with Crippen LogP contribution in [-0.2, 0) is 62.3 Å². The molecule has 0 aromatic carbocycles. The smallest absolute Gasteiger partial charge is 0.326 e. The summed E-state index contributed by atoms with van der Waals surface area (Å²) >= 11 is 0. The highest BCUT2D eigenvalue weighted by atomic mass is 16.4. The van der Waals surface area contributed by atoms with E-state index in [1.165, 1.54) is 0 Å². The summed E-state index contributed by atoms with van der Waals surface area (Å²) in [5, 5.41) is 82.9. The number of aliphatic imine (C=N–C) groups is 1. The molecule has 9 amide bonds. The van der Waals surface area contributed by atoms with E-state index in [4.69, 9.17) is 33.1 Å². The summed E-state index contributed by atoms with van der Waals surface area (Å²) in [5.74, 6) is -16.7. The first-order valence-corrected chi connectivity index (χ1v) is 21.0. The van der Waals surface area contributed by atoms with Gasteiger partial charge in [0.25, 0.3) is 0 Å². The molecule has 0 spiro atoms. The van der Waals surface area contributed by atoms with E-state index in [9.17, 15) is 87.9 Å². The lowest BCUT2D eigenvalue weighted by Crippen LogP contribution is -2.60. The molecular formula is C37H61N13O20. The number of nitrogens with zero attached hydrogens (tertiary/aromatic N) is 1. The van der Waals surface area contributed by atoms with E-state index in [-0.39, 0.29) is 31.8 Å². The Morgan fingerprint density at radius 3 is 1.19 bits per heavy atom. The van der Waals surface area contributed by atoms with Crippen molar-refractivity contribution in [2.45, 2.75) is 113 Å². The number of carbonyl (C=O) groups excluding carboxylic acids is 9. The molecule has 0 radical (unpaired) electrons. The zero-order valence-electron chi connectivity index (χ0n) is 37.4. The minimum absolute atomic E-state index is 0.00684. The fourth-order valence-electron chi connectivity index (χ4n) is 5.56. The lowest BCUT2D eigenvalue weighted by Gasteiger charge is -2.26. The second-order valence-electron chi connectivity index (χ2n) is 14.9. The molecular weight excluding hydrogens is 946 g/mol. The van der Waals surface area contributed by atoms with E-state index in [0.29, 0.717) is 0 Å². The van der Waals surface area contributed by atoms with Gasteiger partial charge in [0.05, 0.1) is 32.4 Å². The van der Waals surface area contributed by atoms with E-state index in [1.807, 2.05) is 21.3 Å². The van der Waals surface area contributed by atoms with Crippen LogP contribution < -0.4 is 65.5 Å². The minimum Gasteiger partial charge on any atom is -0.481 e. The number of amides is 9. The average Bonchev–Trinajstić information content (AvgIpc) is 3.28. The summed E-state index contributed by atoms with van der Waals surface area (Å²) in [6.45, 7) is -4.49. The summed E-state index contributed by atoms with van der Waals surface area (Å²) in [5.41, 5.74) is 21.2. The molecule has 0 aliphatic heterocycles. The molecule has 0 heterocycles. The Hall–Kier alpha value is -7.78. The van der Waals surface area contributed by atoms with Gasteiger partial charge in [-0.15, -0.1) is 0 Å². The number of hydrogen-bond donors (Lipinski definition) is 19. The first-order chi connectivity index (χ1) is 32.8. The first kappa shape index (κ1) is 62.2. The van der Waals surface area contributed by atoms with Crippen molar-refractivity contribution in [3.63, 3.8) is 0 Å². The molecule has 23 N–H and O–H groups in total. The average molecular weight is 1010 g/mol. The van der Waals surface area contributed by atoms with Crippen LogP contribution in [0.5, 0.6) is 0 Å². The number of aliphatic hydroxyl groups excluding tert-OH is 3. The van der Waals surface area contributed by atoms with Crippen LogP contribution in [0.25, 0.3) is 0 Å². The Labute approximate surface area is 396 Å². The highest BCUT2D eigenvalue weighted by Crippen LogP contribution is 2.06. The molecule has 0 bridgehead atoms. The summed E-state index contributed by atoms with van der Waals surface area (Å²) in [4.78, 5) is 164. The van der Waals surface area contributed by atoms with Crippen LogP contribution in [0.3, 0.4) is 0 Å². The fourth-order valence-corrected chi connectivity index (χ4v) is 5.56. The molecule has 33 nitrogen and oxygen atoms in total. The second-order valence-corrected chi connectivity index (χ2v) is 14.9. The van der Waals surface area contributed by atoms with Crippen LogP contribution in [0.15, 0.2) is 4.99 Å². The van der Waals surface area contributed by atoms with Gasteiger partial charge in [0.2, 0.25) is 53.2 Å². The molecule has 0 aromatic rings. The normalized spacial score (nSPS) is 14.1. The number of carboxylic acids is 4. The third kappa shape index (κ3) is 25.9. The van der Waals surface area contributed by atoms with Crippen molar-refractivity contribution in [2.75, 3.05) is 32.9 Å². The lowest BCUT2D eigenvalue weighted by molar-refractivity contribution is -0.143. The molecule has 8 atom stereocenters. The minimum atomic E-state index is -1.96. The van der Waals surface area contributed by atoms with Crippen molar-refractivity contribution in [1.29, 1.82) is 0 Å². The molecule has 0 unspecified atom stereocenters. The van der Waals surface area contributed by atoms with Crippen LogP contribution in [-0.4, -0.2) is 200 Å². The number of nitrogens with two attached hydrogens (primary N) is 4. The number of carboxylic acid groups (broad SMARTS) is 4. The van der Waals surface area contributed by atoms with E-state index < -0.39 is 197 Å². The number of primary amides is 1. The van der Waals surface area contributed by atoms with Crippen LogP contribution in [0.1, 0.15) is 64.2 Å². The number of carbonyl (C=O) groups is 13. The Bertz CT molecular complexity index is 1920. The highest BCUT2D eigenvalue weighted by Gasteiger charge is 2.34. The molecule has 0 fully saturated rings. The molecule has 394 valence electrons. The van der Waals surface area contributed by atoms with Crippen LogP contribution in [0, 0.1) is 0 Å². The second kappa shape index (κ2) is 32.8. The van der Waals surface area contributed by atoms with Gasteiger partial charge >= 0.3 is 23.9 Å². The quantitative estimate of drug-likeness (QED) is 0.0157. The topological polar surface area (TPSA) is 576 Å². The Morgan fingerprint density at radius 1 is 0.429 bits per heavy atom. The number of rotatable bonds is 36.